The van der Waals surface area contributed by atoms with Gasteiger partial charge < -0.3 is 5.73 Å². The highest BCUT2D eigenvalue weighted by atomic mass is 32.2. The molecule has 3 N–H and O–H groups in total. The van der Waals surface area contributed by atoms with Crippen molar-refractivity contribution in [2.45, 2.75) is 30.2 Å². The Balaban J connectivity index is 2.02. The second kappa shape index (κ2) is 5.34. The molecule has 0 bridgehead atoms. The third-order valence-electron chi connectivity index (χ3n) is 3.27. The fraction of sp³-hybridized carbons (Fsp3) is 0.500. The van der Waals surface area contributed by atoms with Crippen LogP contribution < -0.4 is 10.5 Å². The van der Waals surface area contributed by atoms with E-state index in [2.05, 4.69) is 4.72 Å². The first-order valence-corrected chi connectivity index (χ1v) is 7.47. The van der Waals surface area contributed by atoms with Crippen LogP contribution in [0.15, 0.2) is 29.2 Å². The molecule has 1 aliphatic carbocycles. The summed E-state index contributed by atoms with van der Waals surface area (Å²) in [7, 11) is -3.76. The summed E-state index contributed by atoms with van der Waals surface area (Å²) in [5.74, 6) is -0.477. The largest absolute Gasteiger partial charge is 0.328 e. The van der Waals surface area contributed by atoms with E-state index in [1.165, 1.54) is 18.2 Å². The molecule has 2 rings (SSSR count). The molecule has 1 aromatic rings. The standard InChI is InChI=1S/C12H17FN2O2S/c13-11-3-1-2-4-12(11)18(16,17)15-8-9-5-6-10(14)7-9/h1-4,9-10,15H,5-8,14H2. The topological polar surface area (TPSA) is 72.2 Å². The molecule has 4 nitrogen and oxygen atoms in total. The van der Waals surface area contributed by atoms with Gasteiger partial charge in [0.2, 0.25) is 10.0 Å². The highest BCUT2D eigenvalue weighted by Crippen LogP contribution is 2.24. The molecule has 2 atom stereocenters. The average Bonchev–Trinajstić information content (AvgIpc) is 2.73. The van der Waals surface area contributed by atoms with Crippen molar-refractivity contribution in [3.63, 3.8) is 0 Å². The second-order valence-electron chi connectivity index (χ2n) is 4.72. The van der Waals surface area contributed by atoms with E-state index in [9.17, 15) is 12.8 Å². The van der Waals surface area contributed by atoms with Crippen molar-refractivity contribution in [2.75, 3.05) is 6.54 Å². The van der Waals surface area contributed by atoms with Crippen molar-refractivity contribution in [3.05, 3.63) is 30.1 Å². The third kappa shape index (κ3) is 3.07. The van der Waals surface area contributed by atoms with E-state index >= 15 is 0 Å². The molecule has 6 heteroatoms. The van der Waals surface area contributed by atoms with E-state index in [1.54, 1.807) is 0 Å². The lowest BCUT2D eigenvalue weighted by Crippen LogP contribution is -2.29. The summed E-state index contributed by atoms with van der Waals surface area (Å²) < 4.78 is 39.7. The van der Waals surface area contributed by atoms with Gasteiger partial charge in [0, 0.05) is 12.6 Å². The predicted molar refractivity (Wildman–Crippen MR) is 66.9 cm³/mol. The zero-order chi connectivity index (χ0) is 13.2. The smallest absolute Gasteiger partial charge is 0.243 e. The van der Waals surface area contributed by atoms with Crippen molar-refractivity contribution in [1.82, 2.24) is 4.72 Å². The molecular formula is C12H17FN2O2S. The molecule has 0 saturated heterocycles. The Morgan fingerprint density at radius 2 is 2.06 bits per heavy atom. The van der Waals surface area contributed by atoms with Gasteiger partial charge in [-0.05, 0) is 37.3 Å². The van der Waals surface area contributed by atoms with E-state index in [0.717, 1.165) is 25.3 Å². The summed E-state index contributed by atoms with van der Waals surface area (Å²) in [6.07, 6.45) is 2.66. The van der Waals surface area contributed by atoms with Crippen LogP contribution in [0, 0.1) is 11.7 Å². The van der Waals surface area contributed by atoms with Crippen molar-refractivity contribution < 1.29 is 12.8 Å². The maximum Gasteiger partial charge on any atom is 0.243 e. The van der Waals surface area contributed by atoms with Crippen LogP contribution in [0.3, 0.4) is 0 Å². The van der Waals surface area contributed by atoms with Gasteiger partial charge in [-0.25, -0.2) is 17.5 Å². The Labute approximate surface area is 106 Å². The zero-order valence-corrected chi connectivity index (χ0v) is 10.8. The summed E-state index contributed by atoms with van der Waals surface area (Å²) in [6.45, 7) is 0.324. The van der Waals surface area contributed by atoms with E-state index in [1.807, 2.05) is 0 Å². The van der Waals surface area contributed by atoms with E-state index in [4.69, 9.17) is 5.73 Å². The van der Waals surface area contributed by atoms with E-state index < -0.39 is 15.8 Å². The Bertz CT molecular complexity index is 519. The number of nitrogens with one attached hydrogen (secondary N) is 1. The van der Waals surface area contributed by atoms with Gasteiger partial charge in [-0.3, -0.25) is 0 Å². The number of hydrogen-bond donors (Lipinski definition) is 2. The number of nitrogens with two attached hydrogens (primary N) is 1. The minimum Gasteiger partial charge on any atom is -0.328 e. The van der Waals surface area contributed by atoms with Gasteiger partial charge in [-0.1, -0.05) is 12.1 Å². The number of sulfonamides is 1. The zero-order valence-electron chi connectivity index (χ0n) is 9.97. The highest BCUT2D eigenvalue weighted by molar-refractivity contribution is 7.89. The van der Waals surface area contributed by atoms with Crippen LogP contribution in [-0.2, 0) is 10.0 Å². The molecule has 0 radical (unpaired) electrons. The maximum atomic E-state index is 13.4. The van der Waals surface area contributed by atoms with Gasteiger partial charge in [-0.2, -0.15) is 0 Å². The highest BCUT2D eigenvalue weighted by Gasteiger charge is 2.24. The molecular weight excluding hydrogens is 255 g/mol. The molecule has 0 spiro atoms. The van der Waals surface area contributed by atoms with Crippen molar-refractivity contribution in [3.8, 4) is 0 Å². The van der Waals surface area contributed by atoms with Gasteiger partial charge in [0.15, 0.2) is 0 Å². The van der Waals surface area contributed by atoms with E-state index in [0.29, 0.717) is 6.54 Å². The molecule has 0 aliphatic heterocycles. The molecule has 0 amide bonds. The lowest BCUT2D eigenvalue weighted by Gasteiger charge is -2.12. The van der Waals surface area contributed by atoms with Gasteiger partial charge in [0.05, 0.1) is 0 Å². The van der Waals surface area contributed by atoms with Gasteiger partial charge >= 0.3 is 0 Å². The van der Waals surface area contributed by atoms with Crippen molar-refractivity contribution >= 4 is 10.0 Å². The molecule has 100 valence electrons. The fourth-order valence-corrected chi connectivity index (χ4v) is 3.46. The lowest BCUT2D eigenvalue weighted by atomic mass is 10.1. The van der Waals surface area contributed by atoms with Crippen molar-refractivity contribution in [1.29, 1.82) is 0 Å². The molecule has 0 aromatic heterocycles. The lowest BCUT2D eigenvalue weighted by molar-refractivity contribution is 0.508. The first kappa shape index (κ1) is 13.5. The SMILES string of the molecule is NC1CCC(CNS(=O)(=O)c2ccccc2F)C1. The summed E-state index contributed by atoms with van der Waals surface area (Å²) in [6, 6.07) is 5.53. The summed E-state index contributed by atoms with van der Waals surface area (Å²) >= 11 is 0. The van der Waals surface area contributed by atoms with Crippen molar-refractivity contribution in [2.24, 2.45) is 11.7 Å². The molecule has 18 heavy (non-hydrogen) atoms. The maximum absolute atomic E-state index is 13.4. The Morgan fingerprint density at radius 3 is 2.67 bits per heavy atom. The van der Waals surface area contributed by atoms with Crippen LogP contribution in [0.2, 0.25) is 0 Å². The number of rotatable bonds is 4. The minimum atomic E-state index is -3.76. The summed E-state index contributed by atoms with van der Waals surface area (Å²) in [4.78, 5) is -0.299. The second-order valence-corrected chi connectivity index (χ2v) is 6.46. The molecule has 2 unspecified atom stereocenters. The molecule has 0 heterocycles. The Hall–Kier alpha value is -0.980. The first-order chi connectivity index (χ1) is 8.49. The van der Waals surface area contributed by atoms with Crippen LogP contribution in [0.4, 0.5) is 4.39 Å². The average molecular weight is 272 g/mol. The number of benzene rings is 1. The van der Waals surface area contributed by atoms with Crippen LogP contribution in [0.25, 0.3) is 0 Å². The van der Waals surface area contributed by atoms with Crippen LogP contribution in [0.1, 0.15) is 19.3 Å². The van der Waals surface area contributed by atoms with Crippen LogP contribution in [-0.4, -0.2) is 21.0 Å². The van der Waals surface area contributed by atoms with Gasteiger partial charge in [0.25, 0.3) is 0 Å². The molecule has 1 aliphatic rings. The summed E-state index contributed by atoms with van der Waals surface area (Å²) in [5.41, 5.74) is 5.76. The van der Waals surface area contributed by atoms with Gasteiger partial charge in [0.1, 0.15) is 10.7 Å². The summed E-state index contributed by atoms with van der Waals surface area (Å²) in [5, 5.41) is 0. The molecule has 1 aromatic carbocycles. The molecule has 1 fully saturated rings. The Morgan fingerprint density at radius 1 is 1.33 bits per heavy atom. The first-order valence-electron chi connectivity index (χ1n) is 5.99. The normalized spacial score (nSPS) is 24.3. The van der Waals surface area contributed by atoms with Crippen LogP contribution in [0.5, 0.6) is 0 Å². The monoisotopic (exact) mass is 272 g/mol. The third-order valence-corrected chi connectivity index (χ3v) is 4.73. The quantitative estimate of drug-likeness (QED) is 0.866. The molecule has 1 saturated carbocycles. The Kier molecular flexibility index (Phi) is 3.99. The fourth-order valence-electron chi connectivity index (χ4n) is 2.27. The predicted octanol–water partition coefficient (Wildman–Crippen LogP) is 1.23. The number of halogens is 1. The van der Waals surface area contributed by atoms with Crippen LogP contribution >= 0.6 is 0 Å². The van der Waals surface area contributed by atoms with Gasteiger partial charge in [-0.15, -0.1) is 0 Å². The minimum absolute atomic E-state index is 0.160. The van der Waals surface area contributed by atoms with E-state index in [-0.39, 0.29) is 16.9 Å². The number of hydrogen-bond acceptors (Lipinski definition) is 3.